The fourth-order valence-corrected chi connectivity index (χ4v) is 6.18. The molecule has 4 rings (SSSR count). The van der Waals surface area contributed by atoms with Crippen molar-refractivity contribution in [3.05, 3.63) is 67.3 Å². The molecule has 1 amide bonds. The number of fused-ring (bicyclic) bond motifs is 3. The number of thiophene rings is 1. The number of anilines is 1. The van der Waals surface area contributed by atoms with Gasteiger partial charge in [0, 0.05) is 17.5 Å². The molecule has 172 valence electrons. The van der Waals surface area contributed by atoms with Crippen LogP contribution in [-0.4, -0.2) is 26.1 Å². The van der Waals surface area contributed by atoms with Gasteiger partial charge in [-0.15, -0.1) is 17.9 Å². The zero-order valence-electron chi connectivity index (χ0n) is 18.3. The fourth-order valence-electron chi connectivity index (χ4n) is 4.07. The third-order valence-electron chi connectivity index (χ3n) is 5.71. The highest BCUT2D eigenvalue weighted by Gasteiger charge is 2.22. The molecule has 1 aliphatic rings. The number of nitrogens with one attached hydrogen (secondary N) is 1. The van der Waals surface area contributed by atoms with E-state index in [4.69, 9.17) is 4.98 Å². The fraction of sp³-hybridized carbons (Fsp3) is 0.348. The second-order valence-corrected chi connectivity index (χ2v) is 9.91. The van der Waals surface area contributed by atoms with Crippen molar-refractivity contribution >= 4 is 50.6 Å². The number of hydrogen-bond acceptors (Lipinski definition) is 7. The van der Waals surface area contributed by atoms with E-state index in [9.17, 15) is 19.7 Å². The number of allylic oxidation sites excluding steroid dienone is 1. The summed E-state index contributed by atoms with van der Waals surface area (Å²) >= 11 is 2.76. The van der Waals surface area contributed by atoms with Gasteiger partial charge in [-0.05, 0) is 44.2 Å². The lowest BCUT2D eigenvalue weighted by Crippen LogP contribution is -2.24. The first-order valence-corrected chi connectivity index (χ1v) is 12.5. The van der Waals surface area contributed by atoms with Crippen molar-refractivity contribution in [3.8, 4) is 0 Å². The van der Waals surface area contributed by atoms with Gasteiger partial charge in [-0.2, -0.15) is 0 Å². The molecule has 0 spiro atoms. The highest BCUT2D eigenvalue weighted by Crippen LogP contribution is 2.34. The molecule has 2 heterocycles. The first-order valence-electron chi connectivity index (χ1n) is 10.7. The summed E-state index contributed by atoms with van der Waals surface area (Å²) in [6.45, 7) is 5.67. The molecule has 0 atom stereocenters. The van der Waals surface area contributed by atoms with Crippen molar-refractivity contribution in [3.63, 3.8) is 0 Å². The Balaban J connectivity index is 1.60. The maximum absolute atomic E-state index is 13.4. The molecule has 1 aliphatic carbocycles. The van der Waals surface area contributed by atoms with Gasteiger partial charge in [-0.3, -0.25) is 24.3 Å². The van der Waals surface area contributed by atoms with Crippen molar-refractivity contribution < 1.29 is 9.72 Å². The Bertz CT molecular complexity index is 1310. The summed E-state index contributed by atoms with van der Waals surface area (Å²) in [7, 11) is 0. The third-order valence-corrected chi connectivity index (χ3v) is 7.87. The minimum absolute atomic E-state index is 0.0162. The Labute approximate surface area is 198 Å². The normalized spacial score (nSPS) is 13.4. The van der Waals surface area contributed by atoms with Crippen molar-refractivity contribution in [1.82, 2.24) is 9.55 Å². The maximum Gasteiger partial charge on any atom is 0.274 e. The molecular weight excluding hydrogens is 460 g/mol. The van der Waals surface area contributed by atoms with Crippen LogP contribution >= 0.6 is 23.1 Å². The molecule has 8 nitrogen and oxygen atoms in total. The molecule has 2 aromatic heterocycles. The van der Waals surface area contributed by atoms with Gasteiger partial charge in [-0.1, -0.05) is 30.3 Å². The van der Waals surface area contributed by atoms with E-state index >= 15 is 0 Å². The zero-order chi connectivity index (χ0) is 23.5. The van der Waals surface area contributed by atoms with Crippen LogP contribution in [0.2, 0.25) is 0 Å². The van der Waals surface area contributed by atoms with Crippen LogP contribution in [0, 0.1) is 17.0 Å². The van der Waals surface area contributed by atoms with Gasteiger partial charge >= 0.3 is 0 Å². The van der Waals surface area contributed by atoms with Crippen LogP contribution in [0.1, 0.15) is 35.3 Å². The average Bonchev–Trinajstić information content (AvgIpc) is 2.97. The van der Waals surface area contributed by atoms with E-state index < -0.39 is 4.92 Å². The smallest absolute Gasteiger partial charge is 0.274 e. The summed E-state index contributed by atoms with van der Waals surface area (Å²) in [4.78, 5) is 43.4. The van der Waals surface area contributed by atoms with Gasteiger partial charge in [0.05, 0.1) is 27.3 Å². The van der Waals surface area contributed by atoms with E-state index in [1.165, 1.54) is 35.2 Å². The molecule has 1 N–H and O–H groups in total. The molecule has 0 saturated heterocycles. The number of aromatic nitrogens is 2. The van der Waals surface area contributed by atoms with Crippen LogP contribution in [0.15, 0.2) is 40.8 Å². The quantitative estimate of drug-likeness (QED) is 0.128. The van der Waals surface area contributed by atoms with Crippen LogP contribution in [0.25, 0.3) is 10.2 Å². The Hall–Kier alpha value is -2.98. The second-order valence-electron chi connectivity index (χ2n) is 7.89. The van der Waals surface area contributed by atoms with E-state index in [-0.39, 0.29) is 22.9 Å². The first kappa shape index (κ1) is 23.2. The van der Waals surface area contributed by atoms with Crippen LogP contribution in [0.3, 0.4) is 0 Å². The molecule has 0 unspecified atom stereocenters. The summed E-state index contributed by atoms with van der Waals surface area (Å²) in [5.41, 5.74) is 1.78. The lowest BCUT2D eigenvalue weighted by atomic mass is 10.1. The molecule has 0 bridgehead atoms. The second kappa shape index (κ2) is 9.88. The number of amides is 1. The van der Waals surface area contributed by atoms with Gasteiger partial charge < -0.3 is 5.32 Å². The number of aryl methyl sites for hydroxylation is 2. The Kier molecular flexibility index (Phi) is 6.94. The molecule has 1 aromatic carbocycles. The predicted molar refractivity (Wildman–Crippen MR) is 133 cm³/mol. The zero-order valence-corrected chi connectivity index (χ0v) is 19.9. The predicted octanol–water partition coefficient (Wildman–Crippen LogP) is 4.86. The lowest BCUT2D eigenvalue weighted by Gasteiger charge is -2.11. The number of rotatable bonds is 7. The largest absolute Gasteiger partial charge is 0.325 e. The van der Waals surface area contributed by atoms with Crippen LogP contribution in [0.5, 0.6) is 0 Å². The summed E-state index contributed by atoms with van der Waals surface area (Å²) in [6, 6.07) is 4.56. The summed E-state index contributed by atoms with van der Waals surface area (Å²) < 4.78 is 1.57. The number of hydrogen-bond donors (Lipinski definition) is 1. The number of carbonyl (C=O) groups excluding carboxylic acids is 1. The summed E-state index contributed by atoms with van der Waals surface area (Å²) in [5, 5.41) is 15.0. The van der Waals surface area contributed by atoms with E-state index in [0.29, 0.717) is 28.3 Å². The van der Waals surface area contributed by atoms with Crippen LogP contribution < -0.4 is 10.9 Å². The molecule has 0 radical (unpaired) electrons. The highest BCUT2D eigenvalue weighted by atomic mass is 32.2. The standard InChI is InChI=1S/C23H24N4O4S2/c1-3-12-26-22(29)20-15-8-5-4-6-11-18(15)33-21(20)25-23(26)32-13-19(28)24-16-9-7-10-17(14(16)2)27(30)31/h3,7,9-10H,1,4-6,8,11-13H2,2H3,(H,24,28). The van der Waals surface area contributed by atoms with Gasteiger partial charge in [0.1, 0.15) is 4.83 Å². The number of benzene rings is 1. The topological polar surface area (TPSA) is 107 Å². The van der Waals surface area contributed by atoms with E-state index in [0.717, 1.165) is 36.1 Å². The molecule has 10 heteroatoms. The third kappa shape index (κ3) is 4.72. The van der Waals surface area contributed by atoms with Crippen LogP contribution in [-0.2, 0) is 24.2 Å². The number of carbonyl (C=O) groups is 1. The van der Waals surface area contributed by atoms with Gasteiger partial charge in [-0.25, -0.2) is 4.98 Å². The molecule has 0 aliphatic heterocycles. The molecule has 3 aromatic rings. The van der Waals surface area contributed by atoms with E-state index in [2.05, 4.69) is 11.9 Å². The molecular formula is C23H24N4O4S2. The van der Waals surface area contributed by atoms with Crippen molar-refractivity contribution in [2.24, 2.45) is 0 Å². The van der Waals surface area contributed by atoms with E-state index in [1.807, 2.05) is 0 Å². The molecule has 0 fully saturated rings. The Morgan fingerprint density at radius 2 is 2.15 bits per heavy atom. The Morgan fingerprint density at radius 1 is 1.36 bits per heavy atom. The first-order chi connectivity index (χ1) is 15.9. The number of nitro benzene ring substituents is 1. The number of nitro groups is 1. The van der Waals surface area contributed by atoms with Gasteiger partial charge in [0.15, 0.2) is 5.16 Å². The molecule has 33 heavy (non-hydrogen) atoms. The van der Waals surface area contributed by atoms with E-state index in [1.54, 1.807) is 35.0 Å². The summed E-state index contributed by atoms with van der Waals surface area (Å²) in [5.74, 6) is -0.312. The SMILES string of the molecule is C=CCn1c(SCC(=O)Nc2cccc([N+](=O)[O-])c2C)nc2sc3c(c2c1=O)CCCCC3. The minimum Gasteiger partial charge on any atom is -0.325 e. The number of thioether (sulfide) groups is 1. The summed E-state index contributed by atoms with van der Waals surface area (Å²) in [6.07, 6.45) is 6.90. The lowest BCUT2D eigenvalue weighted by molar-refractivity contribution is -0.385. The van der Waals surface area contributed by atoms with Gasteiger partial charge in [0.2, 0.25) is 5.91 Å². The maximum atomic E-state index is 13.4. The minimum atomic E-state index is -0.477. The highest BCUT2D eigenvalue weighted by molar-refractivity contribution is 7.99. The van der Waals surface area contributed by atoms with Crippen molar-refractivity contribution in [1.29, 1.82) is 0 Å². The number of nitrogens with zero attached hydrogens (tertiary/aromatic N) is 3. The van der Waals surface area contributed by atoms with Crippen LogP contribution in [0.4, 0.5) is 11.4 Å². The van der Waals surface area contributed by atoms with Crippen molar-refractivity contribution in [2.45, 2.75) is 50.7 Å². The molecule has 0 saturated carbocycles. The monoisotopic (exact) mass is 484 g/mol. The average molecular weight is 485 g/mol. The van der Waals surface area contributed by atoms with Gasteiger partial charge in [0.25, 0.3) is 11.2 Å². The van der Waals surface area contributed by atoms with Crippen molar-refractivity contribution in [2.75, 3.05) is 11.1 Å². The Morgan fingerprint density at radius 3 is 2.91 bits per heavy atom.